The number of hydrogen-bond acceptors (Lipinski definition) is 4. The SMILES string of the molecule is CCN(Cc1ccc2c(c1)OCO2)S(=O)(=O)c1ccccc1Cl. The van der Waals surface area contributed by atoms with Gasteiger partial charge < -0.3 is 9.47 Å². The second-order valence-electron chi connectivity index (χ2n) is 5.05. The van der Waals surface area contributed by atoms with Crippen molar-refractivity contribution >= 4 is 21.6 Å². The van der Waals surface area contributed by atoms with Crippen LogP contribution in [0, 0.1) is 0 Å². The molecule has 0 fully saturated rings. The van der Waals surface area contributed by atoms with E-state index in [1.165, 1.54) is 10.4 Å². The van der Waals surface area contributed by atoms with Gasteiger partial charge in [-0.2, -0.15) is 4.31 Å². The Morgan fingerprint density at radius 3 is 2.61 bits per heavy atom. The average Bonchev–Trinajstić information content (AvgIpc) is 3.00. The molecule has 0 amide bonds. The van der Waals surface area contributed by atoms with Gasteiger partial charge in [0.1, 0.15) is 4.90 Å². The second-order valence-corrected chi connectivity index (χ2v) is 7.36. The third-order valence-corrected chi connectivity index (χ3v) is 6.02. The van der Waals surface area contributed by atoms with E-state index in [9.17, 15) is 8.42 Å². The molecular formula is C16H16ClNO4S. The summed E-state index contributed by atoms with van der Waals surface area (Å²) in [4.78, 5) is 0.115. The van der Waals surface area contributed by atoms with Gasteiger partial charge in [-0.1, -0.05) is 36.7 Å². The number of nitrogens with zero attached hydrogens (tertiary/aromatic N) is 1. The van der Waals surface area contributed by atoms with Crippen molar-refractivity contribution < 1.29 is 17.9 Å². The van der Waals surface area contributed by atoms with Crippen LogP contribution in [0.1, 0.15) is 12.5 Å². The van der Waals surface area contributed by atoms with E-state index in [0.717, 1.165) is 5.56 Å². The summed E-state index contributed by atoms with van der Waals surface area (Å²) in [6.07, 6.45) is 0. The van der Waals surface area contributed by atoms with Gasteiger partial charge in [-0.3, -0.25) is 0 Å². The number of rotatable bonds is 5. The van der Waals surface area contributed by atoms with E-state index in [0.29, 0.717) is 18.0 Å². The zero-order chi connectivity index (χ0) is 16.4. The molecular weight excluding hydrogens is 338 g/mol. The lowest BCUT2D eigenvalue weighted by Gasteiger charge is -2.21. The van der Waals surface area contributed by atoms with Gasteiger partial charge in [0.2, 0.25) is 16.8 Å². The number of halogens is 1. The summed E-state index contributed by atoms with van der Waals surface area (Å²) in [6.45, 7) is 2.55. The molecule has 3 rings (SSSR count). The molecule has 7 heteroatoms. The number of hydrogen-bond donors (Lipinski definition) is 0. The van der Waals surface area contributed by atoms with Crippen molar-refractivity contribution in [2.45, 2.75) is 18.4 Å². The molecule has 0 radical (unpaired) electrons. The van der Waals surface area contributed by atoms with Crippen LogP contribution in [0.4, 0.5) is 0 Å². The molecule has 0 N–H and O–H groups in total. The van der Waals surface area contributed by atoms with E-state index in [-0.39, 0.29) is 23.3 Å². The Balaban J connectivity index is 1.89. The minimum atomic E-state index is -3.66. The number of sulfonamides is 1. The van der Waals surface area contributed by atoms with Crippen molar-refractivity contribution in [3.05, 3.63) is 53.1 Å². The first kappa shape index (κ1) is 16.1. The van der Waals surface area contributed by atoms with Gasteiger partial charge >= 0.3 is 0 Å². The highest BCUT2D eigenvalue weighted by Crippen LogP contribution is 2.33. The maximum Gasteiger partial charge on any atom is 0.244 e. The summed E-state index contributed by atoms with van der Waals surface area (Å²) in [5.41, 5.74) is 0.826. The molecule has 5 nitrogen and oxygen atoms in total. The Labute approximate surface area is 140 Å². The largest absolute Gasteiger partial charge is 0.454 e. The van der Waals surface area contributed by atoms with Crippen LogP contribution in [0.3, 0.4) is 0 Å². The van der Waals surface area contributed by atoms with Gasteiger partial charge in [0.05, 0.1) is 5.02 Å². The zero-order valence-corrected chi connectivity index (χ0v) is 14.1. The van der Waals surface area contributed by atoms with Crippen LogP contribution in [0.15, 0.2) is 47.4 Å². The number of ether oxygens (including phenoxy) is 2. The minimum Gasteiger partial charge on any atom is -0.454 e. The Morgan fingerprint density at radius 2 is 1.87 bits per heavy atom. The van der Waals surface area contributed by atoms with E-state index in [2.05, 4.69) is 0 Å². The van der Waals surface area contributed by atoms with Crippen LogP contribution in [-0.2, 0) is 16.6 Å². The van der Waals surface area contributed by atoms with Crippen LogP contribution in [0.2, 0.25) is 5.02 Å². The third-order valence-electron chi connectivity index (χ3n) is 3.60. The first-order chi connectivity index (χ1) is 11.0. The van der Waals surface area contributed by atoms with E-state index >= 15 is 0 Å². The summed E-state index contributed by atoms with van der Waals surface area (Å²) in [6, 6.07) is 11.9. The fraction of sp³-hybridized carbons (Fsp3) is 0.250. The molecule has 0 saturated heterocycles. The highest BCUT2D eigenvalue weighted by molar-refractivity contribution is 7.89. The van der Waals surface area contributed by atoms with Crippen molar-refractivity contribution in [2.75, 3.05) is 13.3 Å². The normalized spacial score (nSPS) is 13.5. The molecule has 0 spiro atoms. The van der Waals surface area contributed by atoms with Gasteiger partial charge in [0.25, 0.3) is 0 Å². The Morgan fingerprint density at radius 1 is 1.13 bits per heavy atom. The van der Waals surface area contributed by atoms with Crippen molar-refractivity contribution in [3.63, 3.8) is 0 Å². The van der Waals surface area contributed by atoms with E-state index in [4.69, 9.17) is 21.1 Å². The fourth-order valence-electron chi connectivity index (χ4n) is 2.40. The van der Waals surface area contributed by atoms with E-state index in [1.807, 2.05) is 6.07 Å². The predicted molar refractivity (Wildman–Crippen MR) is 87.3 cm³/mol. The molecule has 0 aromatic heterocycles. The fourth-order valence-corrected chi connectivity index (χ4v) is 4.33. The van der Waals surface area contributed by atoms with Crippen molar-refractivity contribution in [1.29, 1.82) is 0 Å². The first-order valence-electron chi connectivity index (χ1n) is 7.15. The highest BCUT2D eigenvalue weighted by atomic mass is 35.5. The topological polar surface area (TPSA) is 55.8 Å². The summed E-state index contributed by atoms with van der Waals surface area (Å²) in [5.74, 6) is 1.31. The number of benzene rings is 2. The van der Waals surface area contributed by atoms with E-state index < -0.39 is 10.0 Å². The maximum atomic E-state index is 12.8. The van der Waals surface area contributed by atoms with E-state index in [1.54, 1.807) is 37.3 Å². The average molecular weight is 354 g/mol. The molecule has 0 unspecified atom stereocenters. The first-order valence-corrected chi connectivity index (χ1v) is 8.97. The predicted octanol–water partition coefficient (Wildman–Crippen LogP) is 3.28. The lowest BCUT2D eigenvalue weighted by atomic mass is 10.2. The Kier molecular flexibility index (Phi) is 4.48. The van der Waals surface area contributed by atoms with Gasteiger partial charge in [0, 0.05) is 13.1 Å². The Hall–Kier alpha value is -1.76. The molecule has 0 aliphatic carbocycles. The highest BCUT2D eigenvalue weighted by Gasteiger charge is 2.26. The molecule has 2 aromatic carbocycles. The van der Waals surface area contributed by atoms with Crippen LogP contribution in [0.5, 0.6) is 11.5 Å². The molecule has 2 aromatic rings. The van der Waals surface area contributed by atoms with Gasteiger partial charge in [-0.05, 0) is 29.8 Å². The molecule has 1 heterocycles. The lowest BCUT2D eigenvalue weighted by Crippen LogP contribution is -2.30. The maximum absolute atomic E-state index is 12.8. The quantitative estimate of drug-likeness (QED) is 0.827. The zero-order valence-electron chi connectivity index (χ0n) is 12.5. The second kappa shape index (κ2) is 6.39. The third kappa shape index (κ3) is 3.15. The van der Waals surface area contributed by atoms with Crippen LogP contribution < -0.4 is 9.47 Å². The standard InChI is InChI=1S/C16H16ClNO4S/c1-2-18(23(19,20)16-6-4-3-5-13(16)17)10-12-7-8-14-15(9-12)22-11-21-14/h3-9H,2,10-11H2,1H3. The van der Waals surface area contributed by atoms with Gasteiger partial charge in [-0.15, -0.1) is 0 Å². The van der Waals surface area contributed by atoms with Crippen LogP contribution in [-0.4, -0.2) is 26.1 Å². The summed E-state index contributed by atoms with van der Waals surface area (Å²) in [5, 5.41) is 0.219. The molecule has 0 bridgehead atoms. The lowest BCUT2D eigenvalue weighted by molar-refractivity contribution is 0.174. The molecule has 0 saturated carbocycles. The minimum absolute atomic E-state index is 0.115. The van der Waals surface area contributed by atoms with Crippen molar-refractivity contribution in [3.8, 4) is 11.5 Å². The summed E-state index contributed by atoms with van der Waals surface area (Å²) >= 11 is 6.05. The smallest absolute Gasteiger partial charge is 0.244 e. The molecule has 1 aliphatic rings. The molecule has 1 aliphatic heterocycles. The molecule has 23 heavy (non-hydrogen) atoms. The van der Waals surface area contributed by atoms with Gasteiger partial charge in [-0.25, -0.2) is 8.42 Å². The van der Waals surface area contributed by atoms with Crippen molar-refractivity contribution in [2.24, 2.45) is 0 Å². The van der Waals surface area contributed by atoms with Crippen LogP contribution >= 0.6 is 11.6 Å². The van der Waals surface area contributed by atoms with Crippen LogP contribution in [0.25, 0.3) is 0 Å². The molecule has 122 valence electrons. The van der Waals surface area contributed by atoms with Gasteiger partial charge in [0.15, 0.2) is 11.5 Å². The summed E-state index contributed by atoms with van der Waals surface area (Å²) < 4.78 is 37.6. The number of fused-ring (bicyclic) bond motifs is 1. The summed E-state index contributed by atoms with van der Waals surface area (Å²) in [7, 11) is -3.66. The molecule has 0 atom stereocenters. The monoisotopic (exact) mass is 353 g/mol. The van der Waals surface area contributed by atoms with Crippen molar-refractivity contribution in [1.82, 2.24) is 4.31 Å². The Bertz CT molecular complexity index is 823.